The predicted octanol–water partition coefficient (Wildman–Crippen LogP) is 3.45. The first kappa shape index (κ1) is 12.5. The molecular weight excluding hydrogens is 248 g/mol. The van der Waals surface area contributed by atoms with Gasteiger partial charge in [-0.1, -0.05) is 42.0 Å². The number of rotatable bonds is 2. The molecule has 1 N–H and O–H groups in total. The van der Waals surface area contributed by atoms with Crippen LogP contribution in [0.2, 0.25) is 0 Å². The van der Waals surface area contributed by atoms with Crippen LogP contribution in [0.1, 0.15) is 11.1 Å². The highest BCUT2D eigenvalue weighted by Gasteiger charge is 2.08. The van der Waals surface area contributed by atoms with Crippen molar-refractivity contribution < 1.29 is 0 Å². The van der Waals surface area contributed by atoms with Crippen molar-refractivity contribution in [3.05, 3.63) is 76.2 Å². The molecule has 3 nitrogen and oxygen atoms in total. The van der Waals surface area contributed by atoms with Crippen LogP contribution in [-0.4, -0.2) is 9.78 Å². The second-order valence-corrected chi connectivity index (χ2v) is 5.06. The lowest BCUT2D eigenvalue weighted by atomic mass is 10.1. The van der Waals surface area contributed by atoms with Gasteiger partial charge in [-0.2, -0.15) is 0 Å². The Hall–Kier alpha value is -2.55. The van der Waals surface area contributed by atoms with E-state index in [0.717, 1.165) is 22.4 Å². The van der Waals surface area contributed by atoms with Crippen LogP contribution in [0.15, 0.2) is 59.5 Å². The van der Waals surface area contributed by atoms with E-state index in [-0.39, 0.29) is 5.56 Å². The van der Waals surface area contributed by atoms with Crippen LogP contribution in [0.25, 0.3) is 16.8 Å². The molecule has 0 aliphatic carbocycles. The SMILES string of the molecule is Cc1cccc(-c2cn(-c3cccc(C)c3)[nH]c2=O)c1. The summed E-state index contributed by atoms with van der Waals surface area (Å²) in [6.45, 7) is 4.06. The van der Waals surface area contributed by atoms with Crippen LogP contribution in [-0.2, 0) is 0 Å². The fraction of sp³-hybridized carbons (Fsp3) is 0.118. The van der Waals surface area contributed by atoms with Crippen LogP contribution in [0.5, 0.6) is 0 Å². The summed E-state index contributed by atoms with van der Waals surface area (Å²) in [4.78, 5) is 12.1. The van der Waals surface area contributed by atoms with Gasteiger partial charge in [0.15, 0.2) is 0 Å². The number of H-pyrrole nitrogens is 1. The van der Waals surface area contributed by atoms with E-state index in [1.807, 2.05) is 68.6 Å². The number of hydrogen-bond donors (Lipinski definition) is 1. The van der Waals surface area contributed by atoms with Gasteiger partial charge in [-0.15, -0.1) is 0 Å². The zero-order chi connectivity index (χ0) is 14.1. The predicted molar refractivity (Wildman–Crippen MR) is 81.3 cm³/mol. The molecule has 0 amide bonds. The fourth-order valence-corrected chi connectivity index (χ4v) is 2.32. The van der Waals surface area contributed by atoms with Crippen molar-refractivity contribution in [3.63, 3.8) is 0 Å². The molecular formula is C17H16N2O. The third-order valence-corrected chi connectivity index (χ3v) is 3.33. The molecule has 0 saturated heterocycles. The van der Waals surface area contributed by atoms with Crippen molar-refractivity contribution in [2.45, 2.75) is 13.8 Å². The molecule has 0 bridgehead atoms. The Morgan fingerprint density at radius 3 is 2.35 bits per heavy atom. The molecule has 20 heavy (non-hydrogen) atoms. The lowest BCUT2D eigenvalue weighted by Gasteiger charge is -2.02. The summed E-state index contributed by atoms with van der Waals surface area (Å²) in [7, 11) is 0. The summed E-state index contributed by atoms with van der Waals surface area (Å²) >= 11 is 0. The Kier molecular flexibility index (Phi) is 3.03. The molecule has 0 fully saturated rings. The molecule has 2 aromatic carbocycles. The number of aromatic nitrogens is 2. The normalized spacial score (nSPS) is 10.7. The number of benzene rings is 2. The summed E-state index contributed by atoms with van der Waals surface area (Å²) < 4.78 is 1.77. The van der Waals surface area contributed by atoms with E-state index >= 15 is 0 Å². The lowest BCUT2D eigenvalue weighted by molar-refractivity contribution is 0.863. The largest absolute Gasteiger partial charge is 0.272 e. The van der Waals surface area contributed by atoms with E-state index in [1.54, 1.807) is 4.68 Å². The molecule has 3 rings (SSSR count). The van der Waals surface area contributed by atoms with Crippen molar-refractivity contribution >= 4 is 0 Å². The average molecular weight is 264 g/mol. The van der Waals surface area contributed by atoms with Gasteiger partial charge in [0.25, 0.3) is 5.56 Å². The van der Waals surface area contributed by atoms with E-state index < -0.39 is 0 Å². The number of aryl methyl sites for hydroxylation is 2. The minimum Gasteiger partial charge on any atom is -0.267 e. The minimum absolute atomic E-state index is 0.0721. The van der Waals surface area contributed by atoms with E-state index in [0.29, 0.717) is 5.56 Å². The van der Waals surface area contributed by atoms with Gasteiger partial charge in [0.1, 0.15) is 0 Å². The lowest BCUT2D eigenvalue weighted by Crippen LogP contribution is -2.05. The Morgan fingerprint density at radius 2 is 1.65 bits per heavy atom. The summed E-state index contributed by atoms with van der Waals surface area (Å²) in [5, 5.41) is 2.87. The number of nitrogens with zero attached hydrogens (tertiary/aromatic N) is 1. The molecule has 0 saturated carbocycles. The van der Waals surface area contributed by atoms with Crippen LogP contribution < -0.4 is 5.56 Å². The summed E-state index contributed by atoms with van der Waals surface area (Å²) in [6.07, 6.45) is 1.85. The molecule has 100 valence electrons. The molecule has 0 aliphatic heterocycles. The van der Waals surface area contributed by atoms with E-state index in [2.05, 4.69) is 5.10 Å². The monoisotopic (exact) mass is 264 g/mol. The van der Waals surface area contributed by atoms with Gasteiger partial charge in [0.05, 0.1) is 11.3 Å². The summed E-state index contributed by atoms with van der Waals surface area (Å²) in [5.74, 6) is 0. The van der Waals surface area contributed by atoms with Gasteiger partial charge < -0.3 is 0 Å². The zero-order valence-electron chi connectivity index (χ0n) is 11.6. The highest BCUT2D eigenvalue weighted by molar-refractivity contribution is 5.63. The number of aromatic amines is 1. The third kappa shape index (κ3) is 2.30. The Morgan fingerprint density at radius 1 is 0.950 bits per heavy atom. The van der Waals surface area contributed by atoms with Crippen molar-refractivity contribution in [1.82, 2.24) is 9.78 Å². The van der Waals surface area contributed by atoms with Gasteiger partial charge in [0.2, 0.25) is 0 Å². The van der Waals surface area contributed by atoms with Gasteiger partial charge in [0, 0.05) is 6.20 Å². The van der Waals surface area contributed by atoms with Gasteiger partial charge in [-0.3, -0.25) is 14.6 Å². The summed E-state index contributed by atoms with van der Waals surface area (Å²) in [5.41, 5.74) is 4.82. The molecule has 0 atom stereocenters. The zero-order valence-corrected chi connectivity index (χ0v) is 11.6. The Labute approximate surface area is 117 Å². The smallest absolute Gasteiger partial charge is 0.267 e. The molecule has 1 heterocycles. The topological polar surface area (TPSA) is 37.8 Å². The van der Waals surface area contributed by atoms with Crippen LogP contribution in [0.3, 0.4) is 0 Å². The molecule has 0 aliphatic rings. The first-order chi connectivity index (χ1) is 9.63. The standard InChI is InChI=1S/C17H16N2O/c1-12-5-3-7-14(9-12)16-11-19(18-17(16)20)15-8-4-6-13(2)10-15/h3-11H,1-2H3,(H,18,20). The maximum atomic E-state index is 12.1. The van der Waals surface area contributed by atoms with Crippen molar-refractivity contribution in [1.29, 1.82) is 0 Å². The maximum absolute atomic E-state index is 12.1. The summed E-state index contributed by atoms with van der Waals surface area (Å²) in [6, 6.07) is 16.0. The highest BCUT2D eigenvalue weighted by atomic mass is 16.1. The quantitative estimate of drug-likeness (QED) is 0.756. The third-order valence-electron chi connectivity index (χ3n) is 3.33. The molecule has 0 spiro atoms. The second-order valence-electron chi connectivity index (χ2n) is 5.06. The second kappa shape index (κ2) is 4.85. The average Bonchev–Trinajstić information content (AvgIpc) is 2.81. The molecule has 0 unspecified atom stereocenters. The van der Waals surface area contributed by atoms with Gasteiger partial charge in [-0.25, -0.2) is 0 Å². The van der Waals surface area contributed by atoms with Crippen LogP contribution in [0.4, 0.5) is 0 Å². The minimum atomic E-state index is -0.0721. The molecule has 3 heteroatoms. The van der Waals surface area contributed by atoms with Gasteiger partial charge in [-0.05, 0) is 37.1 Å². The Balaban J connectivity index is 2.10. The van der Waals surface area contributed by atoms with E-state index in [4.69, 9.17) is 0 Å². The fourth-order valence-electron chi connectivity index (χ4n) is 2.32. The van der Waals surface area contributed by atoms with Crippen molar-refractivity contribution in [3.8, 4) is 16.8 Å². The number of nitrogens with one attached hydrogen (secondary N) is 1. The molecule has 1 aromatic heterocycles. The van der Waals surface area contributed by atoms with Crippen LogP contribution in [0, 0.1) is 13.8 Å². The molecule has 3 aromatic rings. The van der Waals surface area contributed by atoms with Crippen molar-refractivity contribution in [2.75, 3.05) is 0 Å². The van der Waals surface area contributed by atoms with Gasteiger partial charge >= 0.3 is 0 Å². The first-order valence-corrected chi connectivity index (χ1v) is 6.59. The Bertz CT molecular complexity index is 812. The van der Waals surface area contributed by atoms with Crippen LogP contribution >= 0.6 is 0 Å². The van der Waals surface area contributed by atoms with E-state index in [9.17, 15) is 4.79 Å². The maximum Gasteiger partial charge on any atom is 0.272 e. The number of hydrogen-bond acceptors (Lipinski definition) is 1. The molecule has 0 radical (unpaired) electrons. The highest BCUT2D eigenvalue weighted by Crippen LogP contribution is 2.18. The van der Waals surface area contributed by atoms with E-state index in [1.165, 1.54) is 0 Å². The first-order valence-electron chi connectivity index (χ1n) is 6.59. The van der Waals surface area contributed by atoms with Crippen molar-refractivity contribution in [2.24, 2.45) is 0 Å².